The van der Waals surface area contributed by atoms with E-state index in [9.17, 15) is 9.59 Å². The van der Waals surface area contributed by atoms with Gasteiger partial charge in [0, 0.05) is 24.6 Å². The van der Waals surface area contributed by atoms with E-state index < -0.39 is 14.2 Å². The highest BCUT2D eigenvalue weighted by molar-refractivity contribution is 6.74. The Balaban J connectivity index is 1.48. The van der Waals surface area contributed by atoms with E-state index in [-0.39, 0.29) is 28.8 Å². The molecule has 0 fully saturated rings. The van der Waals surface area contributed by atoms with Crippen LogP contribution in [0.2, 0.25) is 18.1 Å². The minimum atomic E-state index is -2.10. The van der Waals surface area contributed by atoms with E-state index in [1.54, 1.807) is 12.5 Å². The Kier molecular flexibility index (Phi) is 9.19. The molecule has 8 nitrogen and oxygen atoms in total. The van der Waals surface area contributed by atoms with Crippen LogP contribution in [-0.4, -0.2) is 34.2 Å². The van der Waals surface area contributed by atoms with E-state index >= 15 is 0 Å². The van der Waals surface area contributed by atoms with Crippen molar-refractivity contribution in [2.75, 3.05) is 5.32 Å². The van der Waals surface area contributed by atoms with Gasteiger partial charge in [0.2, 0.25) is 5.91 Å². The van der Waals surface area contributed by atoms with Crippen molar-refractivity contribution in [3.05, 3.63) is 84.6 Å². The molecule has 0 spiro atoms. The zero-order valence-corrected chi connectivity index (χ0v) is 26.1. The standard InChI is InChI=1S/C32H43N5O3Si/c1-7-26(23-12-9-8-10-13-23)31(39)35-25-16-15-24-17-19-36(28(24)20-25)18-11-14-29(40-41(5,6)32(2,3)4)37-21-27(30(33)38)34-22-37/h8-10,12-13,15-17,19-22,26,29H,7,11,14,18H2,1-6H3,(H2,33,38)(H,35,39)/t26-,29-/m1/s1. The number of hydrogen-bond donors (Lipinski definition) is 2. The lowest BCUT2D eigenvalue weighted by atomic mass is 9.95. The highest BCUT2D eigenvalue weighted by Gasteiger charge is 2.39. The van der Waals surface area contributed by atoms with Crippen LogP contribution in [0.15, 0.2) is 73.3 Å². The number of fused-ring (bicyclic) bond motifs is 1. The molecule has 0 saturated carbocycles. The molecule has 2 heterocycles. The Labute approximate surface area is 244 Å². The minimum absolute atomic E-state index is 0.00237. The molecule has 218 valence electrons. The first-order valence-corrected chi connectivity index (χ1v) is 17.3. The van der Waals surface area contributed by atoms with Crippen LogP contribution in [-0.2, 0) is 15.8 Å². The topological polar surface area (TPSA) is 104 Å². The van der Waals surface area contributed by atoms with Crippen molar-refractivity contribution in [1.82, 2.24) is 14.1 Å². The first-order chi connectivity index (χ1) is 19.4. The number of rotatable bonds is 12. The molecule has 0 aliphatic rings. The molecule has 9 heteroatoms. The van der Waals surface area contributed by atoms with Gasteiger partial charge in [-0.1, -0.05) is 64.1 Å². The first-order valence-electron chi connectivity index (χ1n) is 14.4. The second-order valence-electron chi connectivity index (χ2n) is 12.2. The van der Waals surface area contributed by atoms with Crippen LogP contribution in [0.3, 0.4) is 0 Å². The summed E-state index contributed by atoms with van der Waals surface area (Å²) in [4.78, 5) is 29.0. The Bertz CT molecular complexity index is 1490. The molecular formula is C32H43N5O3Si. The first kappa shape index (κ1) is 30.3. The third-order valence-electron chi connectivity index (χ3n) is 8.24. The molecule has 0 bridgehead atoms. The smallest absolute Gasteiger partial charge is 0.268 e. The third-order valence-corrected chi connectivity index (χ3v) is 12.7. The molecule has 2 amide bonds. The predicted octanol–water partition coefficient (Wildman–Crippen LogP) is 7.07. The number of hydrogen-bond acceptors (Lipinski definition) is 4. The van der Waals surface area contributed by atoms with E-state index in [4.69, 9.17) is 10.2 Å². The number of imidazole rings is 1. The zero-order chi connectivity index (χ0) is 29.8. The van der Waals surface area contributed by atoms with Crippen LogP contribution in [0.1, 0.15) is 75.2 Å². The summed E-state index contributed by atoms with van der Waals surface area (Å²) in [6.45, 7) is 13.9. The molecule has 4 aromatic rings. The number of aryl methyl sites for hydroxylation is 1. The molecule has 2 atom stereocenters. The number of amides is 2. The number of carbonyl (C=O) groups is 2. The van der Waals surface area contributed by atoms with E-state index in [2.05, 4.69) is 61.0 Å². The summed E-state index contributed by atoms with van der Waals surface area (Å²) < 4.78 is 10.9. The highest BCUT2D eigenvalue weighted by atomic mass is 28.4. The summed E-state index contributed by atoms with van der Waals surface area (Å²) in [5, 5.41) is 4.29. The Morgan fingerprint density at radius 1 is 1.10 bits per heavy atom. The molecule has 41 heavy (non-hydrogen) atoms. The van der Waals surface area contributed by atoms with Crippen molar-refractivity contribution in [2.45, 2.75) is 83.8 Å². The van der Waals surface area contributed by atoms with Crippen molar-refractivity contribution in [3.8, 4) is 0 Å². The van der Waals surface area contributed by atoms with E-state index in [0.29, 0.717) is 0 Å². The Morgan fingerprint density at radius 3 is 2.46 bits per heavy atom. The van der Waals surface area contributed by atoms with Gasteiger partial charge in [-0.05, 0) is 66.5 Å². The maximum Gasteiger partial charge on any atom is 0.268 e. The van der Waals surface area contributed by atoms with Crippen molar-refractivity contribution in [1.29, 1.82) is 0 Å². The number of carbonyl (C=O) groups excluding carboxylic acids is 2. The molecule has 0 aliphatic carbocycles. The number of anilines is 1. The molecule has 0 saturated heterocycles. The van der Waals surface area contributed by atoms with Gasteiger partial charge in [0.1, 0.15) is 11.9 Å². The fourth-order valence-electron chi connectivity index (χ4n) is 4.79. The summed E-state index contributed by atoms with van der Waals surface area (Å²) >= 11 is 0. The van der Waals surface area contributed by atoms with Crippen molar-refractivity contribution < 1.29 is 14.0 Å². The summed E-state index contributed by atoms with van der Waals surface area (Å²) in [7, 11) is -2.10. The van der Waals surface area contributed by atoms with Gasteiger partial charge < -0.3 is 24.6 Å². The van der Waals surface area contributed by atoms with Crippen molar-refractivity contribution >= 4 is 36.7 Å². The molecule has 2 aromatic carbocycles. The molecule has 0 radical (unpaired) electrons. The van der Waals surface area contributed by atoms with Crippen LogP contribution < -0.4 is 11.1 Å². The number of primary amides is 1. The average molecular weight is 574 g/mol. The number of nitrogens with two attached hydrogens (primary N) is 1. The number of nitrogens with one attached hydrogen (secondary N) is 1. The maximum absolute atomic E-state index is 13.1. The Hall–Kier alpha value is -3.69. The zero-order valence-electron chi connectivity index (χ0n) is 25.1. The average Bonchev–Trinajstić information content (AvgIpc) is 3.56. The predicted molar refractivity (Wildman–Crippen MR) is 167 cm³/mol. The van der Waals surface area contributed by atoms with Gasteiger partial charge in [-0.25, -0.2) is 4.98 Å². The van der Waals surface area contributed by atoms with Crippen molar-refractivity contribution in [2.24, 2.45) is 5.73 Å². The molecular weight excluding hydrogens is 530 g/mol. The normalized spacial score (nSPS) is 13.7. The largest absolute Gasteiger partial charge is 0.397 e. The lowest BCUT2D eigenvalue weighted by Gasteiger charge is -2.39. The van der Waals surface area contributed by atoms with Crippen LogP contribution in [0.4, 0.5) is 5.69 Å². The number of aromatic nitrogens is 3. The van der Waals surface area contributed by atoms with Gasteiger partial charge in [-0.2, -0.15) is 0 Å². The summed E-state index contributed by atoms with van der Waals surface area (Å²) in [6.07, 6.45) is 7.46. The van der Waals surface area contributed by atoms with Gasteiger partial charge in [0.15, 0.2) is 8.32 Å². The maximum atomic E-state index is 13.1. The Morgan fingerprint density at radius 2 is 1.83 bits per heavy atom. The highest BCUT2D eigenvalue weighted by Crippen LogP contribution is 2.39. The fourth-order valence-corrected chi connectivity index (χ4v) is 6.06. The molecule has 4 rings (SSSR count). The van der Waals surface area contributed by atoms with Crippen LogP contribution in [0, 0.1) is 0 Å². The fraction of sp³-hybridized carbons (Fsp3) is 0.406. The van der Waals surface area contributed by atoms with E-state index in [1.807, 2.05) is 60.0 Å². The van der Waals surface area contributed by atoms with Gasteiger partial charge >= 0.3 is 0 Å². The van der Waals surface area contributed by atoms with Crippen LogP contribution >= 0.6 is 0 Å². The SMILES string of the molecule is CC[C@@H](C(=O)Nc1ccc2ccn(CCC[C@@H](O[Si](C)(C)C(C)(C)C)n3cnc(C(N)=O)c3)c2c1)c1ccccc1. The van der Waals surface area contributed by atoms with Gasteiger partial charge in [0.25, 0.3) is 5.91 Å². The molecule has 3 N–H and O–H groups in total. The van der Waals surface area contributed by atoms with Gasteiger partial charge in [-0.3, -0.25) is 9.59 Å². The number of nitrogens with zero attached hydrogens (tertiary/aromatic N) is 3. The summed E-state index contributed by atoms with van der Waals surface area (Å²) in [6, 6.07) is 18.1. The summed E-state index contributed by atoms with van der Waals surface area (Å²) in [5.74, 6) is -0.752. The third kappa shape index (κ3) is 7.15. The monoisotopic (exact) mass is 573 g/mol. The molecule has 0 aliphatic heterocycles. The second kappa shape index (κ2) is 12.4. The van der Waals surface area contributed by atoms with Crippen LogP contribution in [0.5, 0.6) is 0 Å². The van der Waals surface area contributed by atoms with E-state index in [0.717, 1.165) is 48.0 Å². The minimum Gasteiger partial charge on any atom is -0.397 e. The van der Waals surface area contributed by atoms with Gasteiger partial charge in [0.05, 0.1) is 17.8 Å². The number of benzene rings is 2. The van der Waals surface area contributed by atoms with Gasteiger partial charge in [-0.15, -0.1) is 0 Å². The summed E-state index contributed by atoms with van der Waals surface area (Å²) in [5.41, 5.74) is 8.57. The second-order valence-corrected chi connectivity index (χ2v) is 16.9. The molecule has 2 aromatic heterocycles. The van der Waals surface area contributed by atoms with Crippen molar-refractivity contribution in [3.63, 3.8) is 0 Å². The van der Waals surface area contributed by atoms with E-state index in [1.165, 1.54) is 0 Å². The van der Waals surface area contributed by atoms with Crippen LogP contribution in [0.25, 0.3) is 10.9 Å². The molecule has 0 unspecified atom stereocenters. The lowest BCUT2D eigenvalue weighted by Crippen LogP contribution is -2.42. The quantitative estimate of drug-likeness (QED) is 0.177. The lowest BCUT2D eigenvalue weighted by molar-refractivity contribution is -0.117.